The third-order valence-corrected chi connectivity index (χ3v) is 5.21. The maximum Gasteiger partial charge on any atom is 0.401 e. The van der Waals surface area contributed by atoms with E-state index in [1.54, 1.807) is 17.3 Å². The largest absolute Gasteiger partial charge is 0.401 e. The average Bonchev–Trinajstić information content (AvgIpc) is 2.69. The van der Waals surface area contributed by atoms with Gasteiger partial charge in [-0.1, -0.05) is 0 Å². The van der Waals surface area contributed by atoms with Crippen molar-refractivity contribution in [3.63, 3.8) is 0 Å². The number of fused-ring (bicyclic) bond motifs is 2. The Kier molecular flexibility index (Phi) is 3.94. The fourth-order valence-corrected chi connectivity index (χ4v) is 4.24. The Morgan fingerprint density at radius 1 is 1.32 bits per heavy atom. The van der Waals surface area contributed by atoms with Crippen molar-refractivity contribution >= 4 is 15.9 Å². The fraction of sp³-hybridized carbons (Fsp3) is 0.600. The molecule has 3 atom stereocenters. The van der Waals surface area contributed by atoms with Gasteiger partial charge >= 0.3 is 6.18 Å². The molecule has 0 saturated carbocycles. The number of nitriles is 1. The summed E-state index contributed by atoms with van der Waals surface area (Å²) in [5.41, 5.74) is 0.0676. The summed E-state index contributed by atoms with van der Waals surface area (Å²) in [5.74, 6) is 0. The molecule has 0 unspecified atom stereocenters. The second-order valence-electron chi connectivity index (χ2n) is 6.17. The van der Waals surface area contributed by atoms with E-state index in [1.165, 1.54) is 0 Å². The lowest BCUT2D eigenvalue weighted by molar-refractivity contribution is -0.156. The monoisotopic (exact) mass is 373 g/mol. The van der Waals surface area contributed by atoms with Gasteiger partial charge in [0.15, 0.2) is 0 Å². The van der Waals surface area contributed by atoms with Crippen LogP contribution in [0.2, 0.25) is 0 Å². The Labute approximate surface area is 135 Å². The van der Waals surface area contributed by atoms with E-state index in [9.17, 15) is 18.4 Å². The number of aromatic nitrogens is 1. The highest BCUT2D eigenvalue weighted by Crippen LogP contribution is 2.47. The lowest BCUT2D eigenvalue weighted by Crippen LogP contribution is -2.51. The predicted octanol–water partition coefficient (Wildman–Crippen LogP) is 3.79. The molecule has 0 amide bonds. The van der Waals surface area contributed by atoms with Gasteiger partial charge in [-0.2, -0.15) is 18.4 Å². The molecule has 3 heterocycles. The summed E-state index contributed by atoms with van der Waals surface area (Å²) in [6.45, 7) is -0.874. The van der Waals surface area contributed by atoms with E-state index in [4.69, 9.17) is 0 Å². The lowest BCUT2D eigenvalue weighted by atomic mass is 9.71. The quantitative estimate of drug-likeness (QED) is 0.791. The molecule has 2 fully saturated rings. The molecular weight excluding hydrogens is 359 g/mol. The van der Waals surface area contributed by atoms with E-state index >= 15 is 0 Å². The molecule has 118 valence electrons. The van der Waals surface area contributed by atoms with Crippen LogP contribution < -0.4 is 0 Å². The first-order chi connectivity index (χ1) is 10.3. The van der Waals surface area contributed by atoms with Crippen molar-refractivity contribution in [2.75, 3.05) is 6.54 Å². The first-order valence-corrected chi connectivity index (χ1v) is 7.97. The molecule has 1 aromatic heterocycles. The lowest BCUT2D eigenvalue weighted by Gasteiger charge is -2.43. The fourth-order valence-electron chi connectivity index (χ4n) is 3.87. The number of hydrogen-bond donors (Lipinski definition) is 0. The molecule has 2 aliphatic heterocycles. The first-order valence-electron chi connectivity index (χ1n) is 7.18. The Balaban J connectivity index is 1.88. The minimum atomic E-state index is -4.19. The summed E-state index contributed by atoms with van der Waals surface area (Å²) in [7, 11) is 0. The van der Waals surface area contributed by atoms with Crippen molar-refractivity contribution in [3.8, 4) is 6.07 Å². The van der Waals surface area contributed by atoms with E-state index in [1.807, 2.05) is 6.07 Å². The topological polar surface area (TPSA) is 39.9 Å². The molecule has 0 radical (unpaired) electrons. The number of hydrogen-bond acceptors (Lipinski definition) is 3. The van der Waals surface area contributed by atoms with Crippen LogP contribution in [-0.2, 0) is 5.41 Å². The summed E-state index contributed by atoms with van der Waals surface area (Å²) in [6, 6.07) is 3.87. The van der Waals surface area contributed by atoms with Crippen LogP contribution in [0.3, 0.4) is 0 Å². The van der Waals surface area contributed by atoms with Crippen molar-refractivity contribution in [3.05, 3.63) is 28.5 Å². The zero-order valence-electron chi connectivity index (χ0n) is 11.8. The number of rotatable bonds is 2. The first kappa shape index (κ1) is 15.8. The summed E-state index contributed by atoms with van der Waals surface area (Å²) in [6.07, 6.45) is 1.44. The van der Waals surface area contributed by atoms with E-state index < -0.39 is 18.1 Å². The Morgan fingerprint density at radius 2 is 1.95 bits per heavy atom. The molecule has 0 spiro atoms. The van der Waals surface area contributed by atoms with E-state index in [0.717, 1.165) is 22.9 Å². The molecule has 0 N–H and O–H groups in total. The molecule has 2 aliphatic rings. The molecule has 3 nitrogen and oxygen atoms in total. The third-order valence-electron chi connectivity index (χ3n) is 4.77. The van der Waals surface area contributed by atoms with Crippen LogP contribution in [0.1, 0.15) is 31.2 Å². The van der Waals surface area contributed by atoms with E-state index in [-0.39, 0.29) is 12.1 Å². The van der Waals surface area contributed by atoms with E-state index in [0.29, 0.717) is 12.8 Å². The summed E-state index contributed by atoms with van der Waals surface area (Å²) < 4.78 is 39.0. The maximum absolute atomic E-state index is 12.7. The molecule has 0 aromatic carbocycles. The molecule has 3 rings (SSSR count). The van der Waals surface area contributed by atoms with Crippen LogP contribution in [0.4, 0.5) is 13.2 Å². The van der Waals surface area contributed by atoms with Gasteiger partial charge in [0.05, 0.1) is 18.0 Å². The average molecular weight is 374 g/mol. The summed E-state index contributed by atoms with van der Waals surface area (Å²) in [5, 5.41) is 9.73. The number of piperidine rings is 1. The molecule has 0 aliphatic carbocycles. The van der Waals surface area contributed by atoms with Gasteiger partial charge < -0.3 is 0 Å². The highest BCUT2D eigenvalue weighted by atomic mass is 79.9. The van der Waals surface area contributed by atoms with Gasteiger partial charge in [0, 0.05) is 29.0 Å². The van der Waals surface area contributed by atoms with Crippen molar-refractivity contribution in [1.29, 1.82) is 5.26 Å². The van der Waals surface area contributed by atoms with Gasteiger partial charge in [0.1, 0.15) is 0 Å². The van der Waals surface area contributed by atoms with Gasteiger partial charge in [0.2, 0.25) is 0 Å². The van der Waals surface area contributed by atoms with Gasteiger partial charge in [-0.3, -0.25) is 9.88 Å². The van der Waals surface area contributed by atoms with Gasteiger partial charge in [-0.05, 0) is 53.2 Å². The highest BCUT2D eigenvalue weighted by molar-refractivity contribution is 9.10. The summed E-state index contributed by atoms with van der Waals surface area (Å²) in [4.78, 5) is 5.65. The van der Waals surface area contributed by atoms with Crippen LogP contribution in [0.5, 0.6) is 0 Å². The predicted molar refractivity (Wildman–Crippen MR) is 78.0 cm³/mol. The van der Waals surface area contributed by atoms with Crippen molar-refractivity contribution in [2.24, 2.45) is 0 Å². The standard InChI is InChI=1S/C15H15BrF3N3/c16-11-3-10(6-21-7-11)14(8-20)4-12-1-2-13(5-14)22(12)9-15(17,18)19/h3,6-7,12-13H,1-2,4-5,9H2/t12-,13+,14-. The Morgan fingerprint density at radius 3 is 2.45 bits per heavy atom. The highest BCUT2D eigenvalue weighted by Gasteiger charge is 2.51. The summed E-state index contributed by atoms with van der Waals surface area (Å²) >= 11 is 3.35. The minimum absolute atomic E-state index is 0.181. The van der Waals surface area contributed by atoms with Crippen LogP contribution >= 0.6 is 15.9 Å². The maximum atomic E-state index is 12.7. The molecule has 7 heteroatoms. The van der Waals surface area contributed by atoms with Crippen LogP contribution in [0.15, 0.2) is 22.9 Å². The third kappa shape index (κ3) is 2.86. The smallest absolute Gasteiger partial charge is 0.289 e. The zero-order chi connectivity index (χ0) is 16.0. The number of nitrogens with zero attached hydrogens (tertiary/aromatic N) is 3. The minimum Gasteiger partial charge on any atom is -0.289 e. The molecule has 2 saturated heterocycles. The van der Waals surface area contributed by atoms with Gasteiger partial charge in [0.25, 0.3) is 0 Å². The molecule has 2 bridgehead atoms. The Hall–Kier alpha value is -1.13. The normalized spacial score (nSPS) is 32.0. The van der Waals surface area contributed by atoms with Gasteiger partial charge in [-0.25, -0.2) is 0 Å². The van der Waals surface area contributed by atoms with E-state index in [2.05, 4.69) is 27.0 Å². The molecule has 22 heavy (non-hydrogen) atoms. The second kappa shape index (κ2) is 5.50. The molecule has 1 aromatic rings. The Bertz CT molecular complexity index is 597. The van der Waals surface area contributed by atoms with Crippen LogP contribution in [0.25, 0.3) is 0 Å². The number of halogens is 4. The van der Waals surface area contributed by atoms with Crippen molar-refractivity contribution in [1.82, 2.24) is 9.88 Å². The number of pyridine rings is 1. The SMILES string of the molecule is N#C[C@@]1(c2cncc(Br)c2)C[C@H]2CC[C@@H](C1)N2CC(F)(F)F. The second-order valence-corrected chi connectivity index (χ2v) is 7.08. The molecular formula is C15H15BrF3N3. The van der Waals surface area contributed by atoms with Crippen LogP contribution in [-0.4, -0.2) is 34.7 Å². The van der Waals surface area contributed by atoms with Crippen molar-refractivity contribution < 1.29 is 13.2 Å². The van der Waals surface area contributed by atoms with Crippen LogP contribution in [0, 0.1) is 11.3 Å². The zero-order valence-corrected chi connectivity index (χ0v) is 13.4. The van der Waals surface area contributed by atoms with Crippen molar-refractivity contribution in [2.45, 2.75) is 49.4 Å². The van der Waals surface area contributed by atoms with Gasteiger partial charge in [-0.15, -0.1) is 0 Å². The number of alkyl halides is 3.